The van der Waals surface area contributed by atoms with Crippen molar-refractivity contribution in [3.8, 4) is 16.9 Å². The summed E-state index contributed by atoms with van der Waals surface area (Å²) in [4.78, 5) is 17.9. The van der Waals surface area contributed by atoms with E-state index in [1.165, 1.54) is 5.56 Å². The first-order valence-corrected chi connectivity index (χ1v) is 10.3. The van der Waals surface area contributed by atoms with E-state index >= 15 is 0 Å². The molecular weight excluding hydrogens is 372 g/mol. The Morgan fingerprint density at radius 2 is 1.70 bits per heavy atom. The Labute approximate surface area is 176 Å². The highest BCUT2D eigenvalue weighted by Crippen LogP contribution is 2.40. The lowest BCUT2D eigenvalue weighted by atomic mass is 9.91. The number of phenols is 1. The Morgan fingerprint density at radius 1 is 1.00 bits per heavy atom. The maximum atomic E-state index is 12.7. The molecule has 30 heavy (non-hydrogen) atoms. The number of hydrogen-bond acceptors (Lipinski definition) is 3. The Bertz CT molecular complexity index is 1300. The predicted molar refractivity (Wildman–Crippen MR) is 126 cm³/mol. The van der Waals surface area contributed by atoms with Crippen LogP contribution in [0, 0.1) is 13.8 Å². The van der Waals surface area contributed by atoms with E-state index in [0.717, 1.165) is 45.1 Å². The zero-order valence-electron chi connectivity index (χ0n) is 18.2. The molecule has 0 bridgehead atoms. The summed E-state index contributed by atoms with van der Waals surface area (Å²) in [6.07, 6.45) is 0. The van der Waals surface area contributed by atoms with Crippen LogP contribution in [0.4, 0.5) is 0 Å². The second-order valence-electron chi connectivity index (χ2n) is 8.63. The molecule has 4 rings (SSSR count). The number of hydrogen-bond donors (Lipinski definition) is 2. The zero-order chi connectivity index (χ0) is 21.6. The highest BCUT2D eigenvalue weighted by atomic mass is 16.3. The number of aryl methyl sites for hydroxylation is 2. The number of aromatic nitrogens is 1. The van der Waals surface area contributed by atoms with Gasteiger partial charge in [0.2, 0.25) is 0 Å². The number of H-pyrrole nitrogens is 1. The van der Waals surface area contributed by atoms with E-state index in [4.69, 9.17) is 0 Å². The van der Waals surface area contributed by atoms with E-state index in [-0.39, 0.29) is 11.3 Å². The summed E-state index contributed by atoms with van der Waals surface area (Å²) in [6, 6.07) is 16.0. The van der Waals surface area contributed by atoms with Crippen molar-refractivity contribution in [2.75, 3.05) is 20.6 Å². The average molecular weight is 401 g/mol. The lowest BCUT2D eigenvalue weighted by molar-refractivity contribution is 0.383. The van der Waals surface area contributed by atoms with E-state index in [1.807, 2.05) is 32.0 Å². The molecule has 0 spiro atoms. The molecule has 4 aromatic rings. The molecule has 1 heterocycles. The van der Waals surface area contributed by atoms with Crippen molar-refractivity contribution < 1.29 is 5.11 Å². The van der Waals surface area contributed by atoms with Gasteiger partial charge in [0.1, 0.15) is 5.75 Å². The van der Waals surface area contributed by atoms with Gasteiger partial charge < -0.3 is 15.0 Å². The number of aromatic amines is 1. The van der Waals surface area contributed by atoms with Crippen LogP contribution >= 0.6 is 0 Å². The number of nitrogens with zero attached hydrogens (tertiary/aromatic N) is 1. The molecule has 154 valence electrons. The summed E-state index contributed by atoms with van der Waals surface area (Å²) in [5.74, 6) is 0.639. The SMILES string of the molecule is Cc1ccc2c(c1)c(=O)[nH]c1c(C)cc(O)c(-c3ccc([C@@H](C)CN(C)C)cc3)c12. The number of pyridine rings is 1. The second-order valence-corrected chi connectivity index (χ2v) is 8.63. The third-order valence-corrected chi connectivity index (χ3v) is 5.84. The smallest absolute Gasteiger partial charge is 0.256 e. The Hall–Kier alpha value is -3.11. The topological polar surface area (TPSA) is 56.3 Å². The lowest BCUT2D eigenvalue weighted by Crippen LogP contribution is -2.18. The van der Waals surface area contributed by atoms with Crippen molar-refractivity contribution in [2.24, 2.45) is 0 Å². The second kappa shape index (κ2) is 7.62. The van der Waals surface area contributed by atoms with Crippen molar-refractivity contribution >= 4 is 21.7 Å². The predicted octanol–water partition coefficient (Wildman–Crippen LogP) is 5.34. The highest BCUT2D eigenvalue weighted by Gasteiger charge is 2.17. The van der Waals surface area contributed by atoms with Crippen molar-refractivity contribution in [1.82, 2.24) is 9.88 Å². The van der Waals surface area contributed by atoms with Gasteiger partial charge in [0, 0.05) is 22.9 Å². The first kappa shape index (κ1) is 20.2. The third kappa shape index (κ3) is 3.48. The van der Waals surface area contributed by atoms with Gasteiger partial charge in [-0.1, -0.05) is 48.9 Å². The highest BCUT2D eigenvalue weighted by molar-refractivity contribution is 6.14. The van der Waals surface area contributed by atoms with Gasteiger partial charge in [-0.15, -0.1) is 0 Å². The van der Waals surface area contributed by atoms with Gasteiger partial charge >= 0.3 is 0 Å². The number of aromatic hydroxyl groups is 1. The minimum Gasteiger partial charge on any atom is -0.507 e. The van der Waals surface area contributed by atoms with Gasteiger partial charge in [0.05, 0.1) is 5.52 Å². The quantitative estimate of drug-likeness (QED) is 0.455. The molecule has 2 N–H and O–H groups in total. The van der Waals surface area contributed by atoms with E-state index in [9.17, 15) is 9.90 Å². The van der Waals surface area contributed by atoms with Crippen LogP contribution in [-0.4, -0.2) is 35.6 Å². The molecule has 3 aromatic carbocycles. The van der Waals surface area contributed by atoms with Crippen LogP contribution in [0.1, 0.15) is 29.5 Å². The van der Waals surface area contributed by atoms with E-state index in [2.05, 4.69) is 55.2 Å². The maximum absolute atomic E-state index is 12.7. The van der Waals surface area contributed by atoms with Gasteiger partial charge in [0.15, 0.2) is 0 Å². The first-order chi connectivity index (χ1) is 14.3. The number of phenolic OH excluding ortho intramolecular Hbond substituents is 1. The molecule has 0 unspecified atom stereocenters. The minimum atomic E-state index is -0.103. The summed E-state index contributed by atoms with van der Waals surface area (Å²) in [7, 11) is 4.16. The van der Waals surface area contributed by atoms with Crippen LogP contribution in [0.25, 0.3) is 32.8 Å². The monoisotopic (exact) mass is 400 g/mol. The average Bonchev–Trinajstić information content (AvgIpc) is 2.69. The molecule has 0 aliphatic rings. The summed E-state index contributed by atoms with van der Waals surface area (Å²) in [5, 5.41) is 13.3. The fourth-order valence-corrected chi connectivity index (χ4v) is 4.40. The minimum absolute atomic E-state index is 0.103. The van der Waals surface area contributed by atoms with Crippen molar-refractivity contribution in [1.29, 1.82) is 0 Å². The van der Waals surface area contributed by atoms with Crippen LogP contribution in [0.5, 0.6) is 5.75 Å². The largest absolute Gasteiger partial charge is 0.507 e. The number of rotatable bonds is 4. The lowest BCUT2D eigenvalue weighted by Gasteiger charge is -2.18. The molecule has 0 aliphatic heterocycles. The van der Waals surface area contributed by atoms with E-state index in [1.54, 1.807) is 6.07 Å². The van der Waals surface area contributed by atoms with Gasteiger partial charge in [-0.3, -0.25) is 4.79 Å². The molecule has 1 aromatic heterocycles. The van der Waals surface area contributed by atoms with Crippen LogP contribution in [0.3, 0.4) is 0 Å². The molecule has 0 radical (unpaired) electrons. The first-order valence-electron chi connectivity index (χ1n) is 10.3. The Balaban J connectivity index is 1.98. The summed E-state index contributed by atoms with van der Waals surface area (Å²) in [5.41, 5.74) is 5.51. The molecule has 0 saturated carbocycles. The number of nitrogens with one attached hydrogen (secondary N) is 1. The van der Waals surface area contributed by atoms with Gasteiger partial charge in [-0.05, 0) is 68.1 Å². The van der Waals surface area contributed by atoms with E-state index in [0.29, 0.717) is 11.3 Å². The molecule has 0 fully saturated rings. The van der Waals surface area contributed by atoms with E-state index < -0.39 is 0 Å². The maximum Gasteiger partial charge on any atom is 0.256 e. The Kier molecular flexibility index (Phi) is 5.12. The van der Waals surface area contributed by atoms with Crippen LogP contribution in [-0.2, 0) is 0 Å². The Morgan fingerprint density at radius 3 is 2.37 bits per heavy atom. The molecule has 0 saturated heterocycles. The number of fused-ring (bicyclic) bond motifs is 3. The van der Waals surface area contributed by atoms with Crippen LogP contribution < -0.4 is 5.56 Å². The van der Waals surface area contributed by atoms with Crippen molar-refractivity contribution in [3.63, 3.8) is 0 Å². The molecular formula is C26H28N2O2. The molecule has 4 nitrogen and oxygen atoms in total. The molecule has 0 aliphatic carbocycles. The van der Waals surface area contributed by atoms with Gasteiger partial charge in [-0.25, -0.2) is 0 Å². The number of benzene rings is 3. The van der Waals surface area contributed by atoms with Crippen molar-refractivity contribution in [2.45, 2.75) is 26.7 Å². The zero-order valence-corrected chi connectivity index (χ0v) is 18.2. The van der Waals surface area contributed by atoms with Gasteiger partial charge in [-0.2, -0.15) is 0 Å². The number of likely N-dealkylation sites (N-methyl/N-ethyl adjacent to an activating group) is 1. The third-order valence-electron chi connectivity index (χ3n) is 5.84. The summed E-state index contributed by atoms with van der Waals surface area (Å²) in [6.45, 7) is 7.08. The van der Waals surface area contributed by atoms with Crippen LogP contribution in [0.2, 0.25) is 0 Å². The molecule has 1 atom stereocenters. The summed E-state index contributed by atoms with van der Waals surface area (Å²) < 4.78 is 0. The summed E-state index contributed by atoms with van der Waals surface area (Å²) >= 11 is 0. The fourth-order valence-electron chi connectivity index (χ4n) is 4.40. The van der Waals surface area contributed by atoms with Crippen molar-refractivity contribution in [3.05, 3.63) is 75.6 Å². The van der Waals surface area contributed by atoms with Crippen LogP contribution in [0.15, 0.2) is 53.3 Å². The molecule has 4 heteroatoms. The normalized spacial score (nSPS) is 12.7. The van der Waals surface area contributed by atoms with Gasteiger partial charge in [0.25, 0.3) is 5.56 Å². The molecule has 0 amide bonds. The fraction of sp³-hybridized carbons (Fsp3) is 0.269. The standard InChI is InChI=1S/C26H28N2O2/c1-15-6-11-20-21(12-15)26(30)27-25-16(2)13-22(29)23(24(20)25)19-9-7-18(8-10-19)17(3)14-28(4)5/h6-13,17,29H,14H2,1-5H3,(H,27,30)/t17-/m0/s1.